The summed E-state index contributed by atoms with van der Waals surface area (Å²) in [6, 6.07) is 14.1. The zero-order valence-electron chi connectivity index (χ0n) is 13.3. The van der Waals surface area contributed by atoms with E-state index in [9.17, 15) is 8.42 Å². The van der Waals surface area contributed by atoms with Crippen molar-refractivity contribution in [3.8, 4) is 11.6 Å². The first-order chi connectivity index (χ1) is 11.5. The second-order valence-electron chi connectivity index (χ2n) is 5.38. The molecule has 2 aromatic carbocycles. The molecule has 0 spiro atoms. The number of aromatic nitrogens is 2. The van der Waals surface area contributed by atoms with Crippen LogP contribution in [0.25, 0.3) is 0 Å². The molecule has 0 atom stereocenters. The normalized spacial score (nSPS) is 11.2. The lowest BCUT2D eigenvalue weighted by Gasteiger charge is -2.08. The number of rotatable bonds is 4. The summed E-state index contributed by atoms with van der Waals surface area (Å²) >= 11 is 0. The summed E-state index contributed by atoms with van der Waals surface area (Å²) in [6.45, 7) is 3.81. The Morgan fingerprint density at radius 3 is 2.21 bits per heavy atom. The van der Waals surface area contributed by atoms with E-state index >= 15 is 0 Å². The summed E-state index contributed by atoms with van der Waals surface area (Å²) in [7, 11) is -3.68. The van der Waals surface area contributed by atoms with Crippen molar-refractivity contribution in [1.82, 2.24) is 9.97 Å². The van der Waals surface area contributed by atoms with Gasteiger partial charge in [0.05, 0.1) is 17.3 Å². The Hall–Kier alpha value is -2.73. The van der Waals surface area contributed by atoms with E-state index < -0.39 is 9.84 Å². The van der Waals surface area contributed by atoms with Crippen molar-refractivity contribution in [3.63, 3.8) is 0 Å². The second-order valence-corrected chi connectivity index (χ2v) is 7.27. The first-order valence-corrected chi connectivity index (χ1v) is 8.82. The fourth-order valence-corrected chi connectivity index (χ4v) is 3.24. The smallest absolute Gasteiger partial charge is 0.237 e. The first kappa shape index (κ1) is 16.1. The van der Waals surface area contributed by atoms with Gasteiger partial charge in [-0.3, -0.25) is 0 Å². The van der Waals surface area contributed by atoms with Crippen LogP contribution in [0.4, 0.5) is 0 Å². The van der Waals surface area contributed by atoms with E-state index in [0.29, 0.717) is 5.75 Å². The molecule has 6 heteroatoms. The van der Waals surface area contributed by atoms with Crippen LogP contribution in [0.3, 0.4) is 0 Å². The molecular formula is C18H16N2O3S. The Labute approximate surface area is 140 Å². The molecule has 0 amide bonds. The maximum atomic E-state index is 12.5. The predicted molar refractivity (Wildman–Crippen MR) is 89.9 cm³/mol. The maximum absolute atomic E-state index is 12.5. The highest BCUT2D eigenvalue weighted by molar-refractivity contribution is 7.91. The number of aryl methyl sites for hydroxylation is 2. The summed E-state index contributed by atoms with van der Waals surface area (Å²) in [5.41, 5.74) is 1.94. The lowest BCUT2D eigenvalue weighted by atomic mass is 10.2. The molecule has 122 valence electrons. The molecule has 1 aromatic heterocycles. The molecule has 3 aromatic rings. The Bertz CT molecular complexity index is 950. The lowest BCUT2D eigenvalue weighted by Crippen LogP contribution is -2.05. The molecule has 0 radical (unpaired) electrons. The summed E-state index contributed by atoms with van der Waals surface area (Å²) in [6.07, 6.45) is 2.52. The van der Waals surface area contributed by atoms with E-state index in [-0.39, 0.29) is 15.8 Å². The van der Waals surface area contributed by atoms with Crippen molar-refractivity contribution >= 4 is 9.84 Å². The molecule has 5 nitrogen and oxygen atoms in total. The van der Waals surface area contributed by atoms with E-state index in [1.807, 2.05) is 38.1 Å². The van der Waals surface area contributed by atoms with E-state index in [4.69, 9.17) is 4.74 Å². The van der Waals surface area contributed by atoms with E-state index in [1.54, 1.807) is 24.3 Å². The van der Waals surface area contributed by atoms with Crippen LogP contribution in [0.15, 0.2) is 70.8 Å². The quantitative estimate of drug-likeness (QED) is 0.724. The molecule has 3 rings (SSSR count). The van der Waals surface area contributed by atoms with Gasteiger partial charge in [0.25, 0.3) is 0 Å². The fraction of sp³-hybridized carbons (Fsp3) is 0.111. The van der Waals surface area contributed by atoms with Crippen molar-refractivity contribution in [2.24, 2.45) is 0 Å². The summed E-state index contributed by atoms with van der Waals surface area (Å²) < 4.78 is 30.7. The van der Waals surface area contributed by atoms with Crippen LogP contribution in [0.1, 0.15) is 11.1 Å². The number of nitrogens with zero attached hydrogens (tertiary/aromatic N) is 2. The molecule has 1 heterocycles. The zero-order chi connectivity index (χ0) is 17.2. The van der Waals surface area contributed by atoms with Gasteiger partial charge in [0.2, 0.25) is 15.7 Å². The predicted octanol–water partition coefficient (Wildman–Crippen LogP) is 3.72. The van der Waals surface area contributed by atoms with Crippen LogP contribution < -0.4 is 4.74 Å². The van der Waals surface area contributed by atoms with Crippen molar-refractivity contribution < 1.29 is 13.2 Å². The molecule has 0 bridgehead atoms. The van der Waals surface area contributed by atoms with Gasteiger partial charge >= 0.3 is 0 Å². The molecule has 24 heavy (non-hydrogen) atoms. The Morgan fingerprint density at radius 1 is 0.875 bits per heavy atom. The monoisotopic (exact) mass is 340 g/mol. The van der Waals surface area contributed by atoms with Crippen LogP contribution in [-0.2, 0) is 9.84 Å². The lowest BCUT2D eigenvalue weighted by molar-refractivity contribution is 0.454. The molecule has 0 saturated carbocycles. The highest BCUT2D eigenvalue weighted by atomic mass is 32.2. The largest absolute Gasteiger partial charge is 0.437 e. The molecule has 0 aliphatic heterocycles. The van der Waals surface area contributed by atoms with Gasteiger partial charge in [0.15, 0.2) is 5.03 Å². The van der Waals surface area contributed by atoms with Gasteiger partial charge in [0, 0.05) is 0 Å². The number of para-hydroxylation sites is 1. The number of sulfone groups is 1. The third-order valence-corrected chi connectivity index (χ3v) is 5.17. The second kappa shape index (κ2) is 6.41. The van der Waals surface area contributed by atoms with Gasteiger partial charge in [0.1, 0.15) is 5.75 Å². The van der Waals surface area contributed by atoms with Gasteiger partial charge in [-0.25, -0.2) is 18.4 Å². The minimum atomic E-state index is -3.68. The number of hydrogen-bond acceptors (Lipinski definition) is 5. The number of ether oxygens (including phenoxy) is 1. The van der Waals surface area contributed by atoms with E-state index in [2.05, 4.69) is 9.97 Å². The van der Waals surface area contributed by atoms with Crippen molar-refractivity contribution in [2.45, 2.75) is 23.8 Å². The van der Waals surface area contributed by atoms with Gasteiger partial charge in [-0.2, -0.15) is 0 Å². The van der Waals surface area contributed by atoms with Crippen molar-refractivity contribution in [3.05, 3.63) is 72.1 Å². The first-order valence-electron chi connectivity index (χ1n) is 7.34. The third kappa shape index (κ3) is 3.28. The van der Waals surface area contributed by atoms with Crippen LogP contribution in [0.2, 0.25) is 0 Å². The summed E-state index contributed by atoms with van der Waals surface area (Å²) in [5, 5.41) is -0.108. The van der Waals surface area contributed by atoms with Crippen molar-refractivity contribution in [1.29, 1.82) is 0 Å². The molecule has 0 unspecified atom stereocenters. The molecule has 0 aliphatic rings. The maximum Gasteiger partial charge on any atom is 0.237 e. The SMILES string of the molecule is Cc1ccc(S(=O)(=O)c2cnc(Oc3ccccc3C)cn2)cc1. The zero-order valence-corrected chi connectivity index (χ0v) is 14.1. The molecule has 0 fully saturated rings. The topological polar surface area (TPSA) is 69.2 Å². The average molecular weight is 340 g/mol. The summed E-state index contributed by atoms with van der Waals surface area (Å²) in [5.74, 6) is 0.896. The molecule has 0 aliphatic carbocycles. The Balaban J connectivity index is 1.86. The third-order valence-electron chi connectivity index (χ3n) is 3.52. The van der Waals surface area contributed by atoms with Gasteiger partial charge in [-0.15, -0.1) is 0 Å². The highest BCUT2D eigenvalue weighted by Gasteiger charge is 2.19. The summed E-state index contributed by atoms with van der Waals surface area (Å²) in [4.78, 5) is 8.25. The Morgan fingerprint density at radius 2 is 1.58 bits per heavy atom. The van der Waals surface area contributed by atoms with E-state index in [1.165, 1.54) is 12.4 Å². The van der Waals surface area contributed by atoms with Crippen molar-refractivity contribution in [2.75, 3.05) is 0 Å². The molecular weight excluding hydrogens is 324 g/mol. The number of hydrogen-bond donors (Lipinski definition) is 0. The standard InChI is InChI=1S/C18H16N2O3S/c1-13-7-9-15(10-8-13)24(21,22)18-12-19-17(11-20-18)23-16-6-4-3-5-14(16)2/h3-12H,1-2H3. The van der Waals surface area contributed by atoms with Crippen LogP contribution in [0, 0.1) is 13.8 Å². The minimum absolute atomic E-state index is 0.108. The van der Waals surface area contributed by atoms with E-state index in [0.717, 1.165) is 11.1 Å². The van der Waals surface area contributed by atoms with Crippen LogP contribution >= 0.6 is 0 Å². The highest BCUT2D eigenvalue weighted by Crippen LogP contribution is 2.24. The van der Waals surface area contributed by atoms with Crippen LogP contribution in [0.5, 0.6) is 11.6 Å². The minimum Gasteiger partial charge on any atom is -0.437 e. The van der Waals surface area contributed by atoms with Crippen LogP contribution in [-0.4, -0.2) is 18.4 Å². The molecule has 0 N–H and O–H groups in total. The van der Waals surface area contributed by atoms with Gasteiger partial charge in [-0.1, -0.05) is 35.9 Å². The van der Waals surface area contributed by atoms with Gasteiger partial charge < -0.3 is 4.74 Å². The average Bonchev–Trinajstić information content (AvgIpc) is 2.58. The Kier molecular flexibility index (Phi) is 4.31. The number of benzene rings is 2. The van der Waals surface area contributed by atoms with Gasteiger partial charge in [-0.05, 0) is 37.6 Å². The fourth-order valence-electron chi connectivity index (χ4n) is 2.12. The molecule has 0 saturated heterocycles.